The molecule has 0 saturated heterocycles. The third-order valence-corrected chi connectivity index (χ3v) is 5.82. The van der Waals surface area contributed by atoms with Crippen LogP contribution in [-0.2, 0) is 9.53 Å². The summed E-state index contributed by atoms with van der Waals surface area (Å²) in [5.74, 6) is -0.366. The lowest BCUT2D eigenvalue weighted by molar-refractivity contribution is -0.140. The van der Waals surface area contributed by atoms with E-state index in [0.717, 1.165) is 25.7 Å². The standard InChI is InChI=1S/C24H28FN5O3/c1-2-33-21(31)14-27-23-22(15-3-5-17(25)6-4-15)29-20-13-16(11-12-30(20)23)24(32)28-19-9-7-18(26)8-10-19/h3-6,11-13,18-19,27H,2,7-10,14,26H2,1H3,(H,28,32). The normalized spacial score (nSPS) is 18.2. The molecule has 1 amide bonds. The summed E-state index contributed by atoms with van der Waals surface area (Å²) in [5.41, 5.74) is 8.19. The number of anilines is 1. The van der Waals surface area contributed by atoms with Crippen molar-refractivity contribution in [2.75, 3.05) is 18.5 Å². The van der Waals surface area contributed by atoms with Crippen LogP contribution in [0.4, 0.5) is 10.2 Å². The molecule has 4 rings (SSSR count). The van der Waals surface area contributed by atoms with Gasteiger partial charge >= 0.3 is 5.97 Å². The number of rotatable bonds is 7. The van der Waals surface area contributed by atoms with Crippen LogP contribution >= 0.6 is 0 Å². The Morgan fingerprint density at radius 3 is 2.61 bits per heavy atom. The zero-order valence-corrected chi connectivity index (χ0v) is 18.5. The number of halogens is 1. The van der Waals surface area contributed by atoms with E-state index in [1.165, 1.54) is 12.1 Å². The molecule has 0 bridgehead atoms. The van der Waals surface area contributed by atoms with Gasteiger partial charge in [0.15, 0.2) is 0 Å². The van der Waals surface area contributed by atoms with E-state index in [1.54, 1.807) is 41.8 Å². The molecule has 33 heavy (non-hydrogen) atoms. The van der Waals surface area contributed by atoms with Gasteiger partial charge in [0.05, 0.1) is 6.61 Å². The molecule has 0 unspecified atom stereocenters. The van der Waals surface area contributed by atoms with Gasteiger partial charge in [-0.2, -0.15) is 0 Å². The molecule has 0 aliphatic heterocycles. The highest BCUT2D eigenvalue weighted by atomic mass is 19.1. The molecule has 1 fully saturated rings. The van der Waals surface area contributed by atoms with Crippen LogP contribution in [0.2, 0.25) is 0 Å². The van der Waals surface area contributed by atoms with Gasteiger partial charge in [-0.3, -0.25) is 14.0 Å². The quantitative estimate of drug-likeness (QED) is 0.474. The van der Waals surface area contributed by atoms with E-state index in [0.29, 0.717) is 28.3 Å². The fourth-order valence-electron chi connectivity index (χ4n) is 4.06. The number of carbonyl (C=O) groups excluding carboxylic acids is 2. The third-order valence-electron chi connectivity index (χ3n) is 5.82. The number of hydrogen-bond donors (Lipinski definition) is 3. The lowest BCUT2D eigenvalue weighted by atomic mass is 9.91. The van der Waals surface area contributed by atoms with Crippen molar-refractivity contribution < 1.29 is 18.7 Å². The summed E-state index contributed by atoms with van der Waals surface area (Å²) in [6, 6.07) is 9.68. The second-order valence-electron chi connectivity index (χ2n) is 8.20. The van der Waals surface area contributed by atoms with Crippen LogP contribution < -0.4 is 16.4 Å². The van der Waals surface area contributed by atoms with Gasteiger partial charge in [-0.15, -0.1) is 0 Å². The first-order chi connectivity index (χ1) is 15.9. The van der Waals surface area contributed by atoms with Crippen molar-refractivity contribution in [2.24, 2.45) is 5.73 Å². The highest BCUT2D eigenvalue weighted by molar-refractivity contribution is 5.95. The van der Waals surface area contributed by atoms with E-state index >= 15 is 0 Å². The van der Waals surface area contributed by atoms with Gasteiger partial charge in [0.2, 0.25) is 0 Å². The van der Waals surface area contributed by atoms with E-state index in [1.807, 2.05) is 0 Å². The fourth-order valence-corrected chi connectivity index (χ4v) is 4.06. The van der Waals surface area contributed by atoms with Gasteiger partial charge in [-0.1, -0.05) is 0 Å². The second-order valence-corrected chi connectivity index (χ2v) is 8.20. The molecule has 1 aliphatic carbocycles. The molecule has 0 spiro atoms. The van der Waals surface area contributed by atoms with Crippen molar-refractivity contribution >= 4 is 23.3 Å². The first-order valence-electron chi connectivity index (χ1n) is 11.2. The van der Waals surface area contributed by atoms with Gasteiger partial charge in [0.1, 0.15) is 29.5 Å². The Hall–Kier alpha value is -3.46. The molecule has 1 aliphatic rings. The van der Waals surface area contributed by atoms with E-state index < -0.39 is 5.97 Å². The van der Waals surface area contributed by atoms with Crippen LogP contribution in [0.15, 0.2) is 42.6 Å². The van der Waals surface area contributed by atoms with E-state index in [4.69, 9.17) is 10.5 Å². The largest absolute Gasteiger partial charge is 0.465 e. The number of amides is 1. The molecule has 9 heteroatoms. The molecule has 3 aromatic rings. The zero-order chi connectivity index (χ0) is 23.4. The number of fused-ring (bicyclic) bond motifs is 1. The van der Waals surface area contributed by atoms with E-state index in [-0.39, 0.29) is 37.0 Å². The minimum absolute atomic E-state index is 0.0537. The Morgan fingerprint density at radius 2 is 1.91 bits per heavy atom. The molecule has 2 heterocycles. The highest BCUT2D eigenvalue weighted by Gasteiger charge is 2.22. The number of esters is 1. The molecule has 8 nitrogen and oxygen atoms in total. The average molecular weight is 454 g/mol. The minimum Gasteiger partial charge on any atom is -0.465 e. The Bertz CT molecular complexity index is 1140. The Balaban J connectivity index is 1.62. The molecule has 0 radical (unpaired) electrons. The number of nitrogens with two attached hydrogens (primary N) is 1. The fraction of sp³-hybridized carbons (Fsp3) is 0.375. The lowest BCUT2D eigenvalue weighted by Gasteiger charge is -2.26. The van der Waals surface area contributed by atoms with Crippen molar-refractivity contribution in [3.05, 3.63) is 54.0 Å². The topological polar surface area (TPSA) is 111 Å². The van der Waals surface area contributed by atoms with Gasteiger partial charge in [-0.25, -0.2) is 9.37 Å². The number of ether oxygens (including phenoxy) is 1. The number of imidazole rings is 1. The third kappa shape index (κ3) is 5.31. The van der Waals surface area contributed by atoms with Crippen LogP contribution in [0.25, 0.3) is 16.9 Å². The predicted molar refractivity (Wildman–Crippen MR) is 123 cm³/mol. The maximum Gasteiger partial charge on any atom is 0.325 e. The number of pyridine rings is 1. The average Bonchev–Trinajstić information content (AvgIpc) is 3.17. The lowest BCUT2D eigenvalue weighted by Crippen LogP contribution is -2.40. The highest BCUT2D eigenvalue weighted by Crippen LogP contribution is 2.29. The Kier molecular flexibility index (Phi) is 6.88. The number of nitrogens with one attached hydrogen (secondary N) is 2. The van der Waals surface area contributed by atoms with Gasteiger partial charge in [-0.05, 0) is 69.0 Å². The summed E-state index contributed by atoms with van der Waals surface area (Å²) in [5, 5.41) is 6.16. The molecule has 1 saturated carbocycles. The van der Waals surface area contributed by atoms with Crippen LogP contribution in [0.1, 0.15) is 43.0 Å². The van der Waals surface area contributed by atoms with Crippen LogP contribution in [0.3, 0.4) is 0 Å². The predicted octanol–water partition coefficient (Wildman–Crippen LogP) is 3.12. The monoisotopic (exact) mass is 453 g/mol. The molecule has 0 atom stereocenters. The van der Waals surface area contributed by atoms with Crippen LogP contribution in [0, 0.1) is 5.82 Å². The van der Waals surface area contributed by atoms with E-state index in [9.17, 15) is 14.0 Å². The van der Waals surface area contributed by atoms with E-state index in [2.05, 4.69) is 15.6 Å². The van der Waals surface area contributed by atoms with Crippen LogP contribution in [-0.4, -0.2) is 46.5 Å². The van der Waals surface area contributed by atoms with Gasteiger partial charge < -0.3 is 21.1 Å². The molecular weight excluding hydrogens is 425 g/mol. The summed E-state index contributed by atoms with van der Waals surface area (Å²) >= 11 is 0. The van der Waals surface area contributed by atoms with Crippen LogP contribution in [0.5, 0.6) is 0 Å². The number of aromatic nitrogens is 2. The molecular formula is C24H28FN5O3. The van der Waals surface area contributed by atoms with Crippen molar-refractivity contribution in [1.29, 1.82) is 0 Å². The summed E-state index contributed by atoms with van der Waals surface area (Å²) in [6.07, 6.45) is 5.28. The van der Waals surface area contributed by atoms with Gasteiger partial charge in [0, 0.05) is 29.4 Å². The summed E-state index contributed by atoms with van der Waals surface area (Å²) < 4.78 is 20.2. The number of nitrogens with zero attached hydrogens (tertiary/aromatic N) is 2. The maximum atomic E-state index is 13.4. The van der Waals surface area contributed by atoms with Crippen molar-refractivity contribution in [2.45, 2.75) is 44.7 Å². The molecule has 2 aromatic heterocycles. The maximum absolute atomic E-state index is 13.4. The summed E-state index contributed by atoms with van der Waals surface area (Å²) in [4.78, 5) is 29.4. The summed E-state index contributed by atoms with van der Waals surface area (Å²) in [6.45, 7) is 1.97. The van der Waals surface area contributed by atoms with Crippen molar-refractivity contribution in [1.82, 2.24) is 14.7 Å². The number of benzene rings is 1. The van der Waals surface area contributed by atoms with Crippen molar-refractivity contribution in [3.63, 3.8) is 0 Å². The first-order valence-corrected chi connectivity index (χ1v) is 11.2. The van der Waals surface area contributed by atoms with Crippen molar-refractivity contribution in [3.8, 4) is 11.3 Å². The van der Waals surface area contributed by atoms with Gasteiger partial charge in [0.25, 0.3) is 5.91 Å². The SMILES string of the molecule is CCOC(=O)CNc1c(-c2ccc(F)cc2)nc2cc(C(=O)NC3CCC(N)CC3)ccn12. The zero-order valence-electron chi connectivity index (χ0n) is 18.5. The second kappa shape index (κ2) is 9.99. The Labute approximate surface area is 191 Å². The first kappa shape index (κ1) is 22.7. The molecule has 4 N–H and O–H groups in total. The number of hydrogen-bond acceptors (Lipinski definition) is 6. The minimum atomic E-state index is -0.402. The number of carbonyl (C=O) groups is 2. The molecule has 174 valence electrons. The summed E-state index contributed by atoms with van der Waals surface area (Å²) in [7, 11) is 0. The molecule has 1 aromatic carbocycles. The Morgan fingerprint density at radius 1 is 1.18 bits per heavy atom. The smallest absolute Gasteiger partial charge is 0.325 e.